The first kappa shape index (κ1) is 34.5. The molecule has 1 aromatic carbocycles. The van der Waals surface area contributed by atoms with E-state index in [1.54, 1.807) is 26.8 Å². The fraction of sp³-hybridized carbons (Fsp3) is 0.613. The van der Waals surface area contributed by atoms with Crippen LogP contribution >= 0.6 is 0 Å². The van der Waals surface area contributed by atoms with Crippen LogP contribution in [0.1, 0.15) is 65.4 Å². The average molecular weight is 686 g/mol. The number of alkyl halides is 3. The Morgan fingerprint density at radius 3 is 2.47 bits per heavy atom. The molecule has 0 radical (unpaired) electrons. The van der Waals surface area contributed by atoms with Crippen molar-refractivity contribution in [2.24, 2.45) is 17.3 Å². The van der Waals surface area contributed by atoms with Crippen molar-refractivity contribution in [1.29, 1.82) is 0 Å². The highest BCUT2D eigenvalue weighted by Crippen LogP contribution is 2.46. The van der Waals surface area contributed by atoms with Crippen molar-refractivity contribution in [3.05, 3.63) is 29.8 Å². The molecular weight excluding hydrogens is 647 g/mol. The summed E-state index contributed by atoms with van der Waals surface area (Å²) in [5.41, 5.74) is -6.49. The predicted molar refractivity (Wildman–Crippen MR) is 161 cm³/mol. The number of aliphatic carboxylic acids is 1. The Bertz CT molecular complexity index is 1660. The third-order valence-corrected chi connectivity index (χ3v) is 10.00. The van der Waals surface area contributed by atoms with Crippen LogP contribution in [-0.4, -0.2) is 77.7 Å². The van der Waals surface area contributed by atoms with Crippen LogP contribution in [0, 0.1) is 17.3 Å². The van der Waals surface area contributed by atoms with E-state index < -0.39 is 62.9 Å². The van der Waals surface area contributed by atoms with Crippen LogP contribution in [0.3, 0.4) is 0 Å². The molecule has 2 aliphatic heterocycles. The number of carboxylic acid groups (broad SMARTS) is 1. The topological polar surface area (TPSA) is 161 Å². The minimum atomic E-state index is -6.09. The summed E-state index contributed by atoms with van der Waals surface area (Å²) in [5.74, 6) is -2.66. The number of halogens is 3. The Balaban J connectivity index is 1.58. The number of pyridine rings is 1. The zero-order valence-electron chi connectivity index (χ0n) is 26.4. The molecule has 47 heavy (non-hydrogen) atoms. The first-order valence-electron chi connectivity index (χ1n) is 15.5. The Labute approximate surface area is 270 Å². The van der Waals surface area contributed by atoms with Crippen LogP contribution in [0.4, 0.5) is 18.0 Å². The average Bonchev–Trinajstić information content (AvgIpc) is 3.35. The lowest BCUT2D eigenvalue weighted by Gasteiger charge is -2.34. The van der Waals surface area contributed by atoms with Gasteiger partial charge in [-0.25, -0.2) is 14.6 Å². The van der Waals surface area contributed by atoms with E-state index in [9.17, 15) is 41.1 Å². The van der Waals surface area contributed by atoms with E-state index in [0.717, 1.165) is 4.90 Å². The number of aromatic nitrogens is 1. The number of nitrogens with one attached hydrogen (secondary N) is 1. The highest BCUT2D eigenvalue weighted by atomic mass is 32.2. The summed E-state index contributed by atoms with van der Waals surface area (Å²) in [6.45, 7) is 6.82. The van der Waals surface area contributed by atoms with E-state index in [2.05, 4.69) is 10.3 Å². The lowest BCUT2D eigenvalue weighted by Crippen LogP contribution is -2.57. The first-order chi connectivity index (χ1) is 21.9. The van der Waals surface area contributed by atoms with Gasteiger partial charge in [-0.2, -0.15) is 21.6 Å². The summed E-state index contributed by atoms with van der Waals surface area (Å²) >= 11 is 0. The second-order valence-electron chi connectivity index (χ2n) is 13.5. The standard InChI is InChI=1S/C31H38F3N3O9S/c1-16-18-10-6-5-7-12-20-24(46-47(42,43)31(32,33)34)19-11-8-9-13-21(19)35-26(20)44-17-14-22(28(39)40)37(15-17)27(38)25(30(2,3)4)36-29(41)45-23(16)18/h8-9,11,13,16-18,22-23,25H,5-7,10,12,14-15H2,1-4H3,(H,36,41)(H,39,40)/t16?,17-,18-,22+,23-,25-/m1/s1. The molecule has 6 atom stereocenters. The predicted octanol–water partition coefficient (Wildman–Crippen LogP) is 4.79. The fourth-order valence-corrected chi connectivity index (χ4v) is 6.87. The minimum Gasteiger partial charge on any atom is -0.480 e. The van der Waals surface area contributed by atoms with Gasteiger partial charge >= 0.3 is 27.7 Å². The molecule has 258 valence electrons. The normalized spacial score (nSPS) is 27.8. The van der Waals surface area contributed by atoms with Crippen molar-refractivity contribution in [1.82, 2.24) is 15.2 Å². The van der Waals surface area contributed by atoms with E-state index in [4.69, 9.17) is 13.7 Å². The van der Waals surface area contributed by atoms with Gasteiger partial charge in [0.25, 0.3) is 0 Å². The van der Waals surface area contributed by atoms with Gasteiger partial charge < -0.3 is 29.0 Å². The molecule has 1 unspecified atom stereocenters. The number of carbonyl (C=O) groups is 3. The van der Waals surface area contributed by atoms with Crippen LogP contribution in [0.15, 0.2) is 24.3 Å². The van der Waals surface area contributed by atoms with Gasteiger partial charge in [0.15, 0.2) is 5.75 Å². The van der Waals surface area contributed by atoms with Gasteiger partial charge in [0.1, 0.15) is 24.3 Å². The molecule has 2 aromatic rings. The lowest BCUT2D eigenvalue weighted by atomic mass is 9.85. The lowest BCUT2D eigenvalue weighted by molar-refractivity contribution is -0.150. The van der Waals surface area contributed by atoms with Gasteiger partial charge in [-0.05, 0) is 42.7 Å². The number of alkyl carbamates (subject to hydrolysis) is 1. The maximum absolute atomic E-state index is 13.9. The molecule has 1 saturated heterocycles. The number of nitrogens with zero attached hydrogens (tertiary/aromatic N) is 2. The Morgan fingerprint density at radius 1 is 1.11 bits per heavy atom. The molecule has 3 heterocycles. The van der Waals surface area contributed by atoms with E-state index in [1.807, 2.05) is 6.92 Å². The Morgan fingerprint density at radius 2 is 1.81 bits per heavy atom. The van der Waals surface area contributed by atoms with Crippen LogP contribution in [0.2, 0.25) is 0 Å². The number of para-hydroxylation sites is 1. The third kappa shape index (κ3) is 7.21. The number of benzene rings is 1. The maximum atomic E-state index is 13.9. The second-order valence-corrected chi connectivity index (χ2v) is 15.0. The molecule has 2 N–H and O–H groups in total. The SMILES string of the molecule is CC1[C@H]2CCCCCc3c(nc4ccccc4c3OS(=O)(=O)C(F)(F)F)O[C@@H]3C[C@@H](C(=O)O)N(C3)C(=O)[C@H](C(C)(C)C)NC(=O)O[C@H]12. The van der Waals surface area contributed by atoms with Gasteiger partial charge in [-0.15, -0.1) is 0 Å². The quantitative estimate of drug-likeness (QED) is 0.340. The van der Waals surface area contributed by atoms with E-state index >= 15 is 0 Å². The summed E-state index contributed by atoms with van der Waals surface area (Å²) in [6, 6.07) is 3.37. The Hall–Kier alpha value is -3.82. The highest BCUT2D eigenvalue weighted by Gasteiger charge is 2.51. The molecule has 0 spiro atoms. The summed E-state index contributed by atoms with van der Waals surface area (Å²) in [5, 5.41) is 12.7. The van der Waals surface area contributed by atoms with Crippen molar-refractivity contribution < 1.29 is 54.7 Å². The number of rotatable bonds is 3. The van der Waals surface area contributed by atoms with Crippen molar-refractivity contribution >= 4 is 39.0 Å². The van der Waals surface area contributed by atoms with Gasteiger partial charge in [0.05, 0.1) is 17.6 Å². The Kier molecular flexibility index (Phi) is 9.29. The van der Waals surface area contributed by atoms with Crippen molar-refractivity contribution in [3.8, 4) is 11.6 Å². The number of amides is 2. The highest BCUT2D eigenvalue weighted by molar-refractivity contribution is 7.88. The van der Waals surface area contributed by atoms with E-state index in [1.165, 1.54) is 18.2 Å². The second kappa shape index (κ2) is 12.7. The number of fused-ring (bicyclic) bond motifs is 5. The smallest absolute Gasteiger partial charge is 0.480 e. The molecule has 16 heteroatoms. The number of carbonyl (C=O) groups excluding carboxylic acids is 2. The van der Waals surface area contributed by atoms with Gasteiger partial charge in [-0.1, -0.05) is 52.7 Å². The molecule has 1 aromatic heterocycles. The van der Waals surface area contributed by atoms with Crippen LogP contribution < -0.4 is 14.2 Å². The molecule has 2 bridgehead atoms. The minimum absolute atomic E-state index is 0.0184. The summed E-state index contributed by atoms with van der Waals surface area (Å²) < 4.78 is 81.7. The zero-order valence-corrected chi connectivity index (χ0v) is 27.2. The van der Waals surface area contributed by atoms with E-state index in [0.29, 0.717) is 25.7 Å². The molecule has 12 nitrogen and oxygen atoms in total. The zero-order chi connectivity index (χ0) is 34.5. The molecule has 3 aliphatic rings. The van der Waals surface area contributed by atoms with Gasteiger partial charge in [0.2, 0.25) is 11.8 Å². The maximum Gasteiger partial charge on any atom is 0.534 e. The molecule has 5 rings (SSSR count). The largest absolute Gasteiger partial charge is 0.534 e. The van der Waals surface area contributed by atoms with Gasteiger partial charge in [-0.3, -0.25) is 4.79 Å². The number of ether oxygens (including phenoxy) is 2. The third-order valence-electron chi connectivity index (χ3n) is 9.05. The van der Waals surface area contributed by atoms with Crippen LogP contribution in [0.25, 0.3) is 10.9 Å². The molecule has 2 amide bonds. The molecule has 1 aliphatic carbocycles. The van der Waals surface area contributed by atoms with Crippen LogP contribution in [-0.2, 0) is 30.9 Å². The van der Waals surface area contributed by atoms with Crippen LogP contribution in [0.5, 0.6) is 11.6 Å². The van der Waals surface area contributed by atoms with Crippen molar-refractivity contribution in [3.63, 3.8) is 0 Å². The number of hydrogen-bond acceptors (Lipinski definition) is 9. The molecular formula is C31H38F3N3O9S. The van der Waals surface area contributed by atoms with Crippen molar-refractivity contribution in [2.75, 3.05) is 6.54 Å². The number of hydrogen-bond donors (Lipinski definition) is 2. The molecule has 1 saturated carbocycles. The summed E-state index contributed by atoms with van der Waals surface area (Å²) in [7, 11) is -6.09. The summed E-state index contributed by atoms with van der Waals surface area (Å²) in [6.07, 6.45) is 0.0445. The summed E-state index contributed by atoms with van der Waals surface area (Å²) in [4.78, 5) is 44.8. The number of carboxylic acids is 1. The molecule has 2 fully saturated rings. The monoisotopic (exact) mass is 685 g/mol. The van der Waals surface area contributed by atoms with E-state index in [-0.39, 0.29) is 59.7 Å². The fourth-order valence-electron chi connectivity index (χ4n) is 6.36. The first-order valence-corrected chi connectivity index (χ1v) is 16.9. The van der Waals surface area contributed by atoms with Crippen molar-refractivity contribution in [2.45, 2.75) is 96.0 Å². The van der Waals surface area contributed by atoms with Gasteiger partial charge in [0, 0.05) is 17.7 Å².